The number of alkyl halides is 1. The van der Waals surface area contributed by atoms with Crippen molar-refractivity contribution < 1.29 is 18.0 Å². The average Bonchev–Trinajstić information content (AvgIpc) is 2.62. The molecule has 0 bridgehead atoms. The first-order valence-electron chi connectivity index (χ1n) is 8.49. The number of aryl methyl sites for hydroxylation is 1. The van der Waals surface area contributed by atoms with E-state index in [4.69, 9.17) is 0 Å². The van der Waals surface area contributed by atoms with Gasteiger partial charge in [-0.25, -0.2) is 22.6 Å². The fourth-order valence-electron chi connectivity index (χ4n) is 3.06. The fraction of sp³-hybridized carbons (Fsp3) is 0.389. The summed E-state index contributed by atoms with van der Waals surface area (Å²) in [6.07, 6.45) is 0.127. The smallest absolute Gasteiger partial charge is 0.323 e. The first kappa shape index (κ1) is 18.9. The maximum absolute atomic E-state index is 15.0. The molecule has 3 rings (SSSR count). The van der Waals surface area contributed by atoms with Crippen molar-refractivity contribution in [3.05, 3.63) is 57.9 Å². The summed E-state index contributed by atoms with van der Waals surface area (Å²) in [7, 11) is 1.47. The molecule has 0 atom stereocenters. The van der Waals surface area contributed by atoms with Gasteiger partial charge in [-0.15, -0.1) is 0 Å². The number of hydrogen-bond donors (Lipinski definition) is 1. The Kier molecular flexibility index (Phi) is 5.20. The quantitative estimate of drug-likeness (QED) is 0.890. The minimum atomic E-state index is -1.59. The number of likely N-dealkylation sites (tertiary alicyclic amines) is 1. The Bertz CT molecular complexity index is 908. The molecule has 9 heteroatoms. The van der Waals surface area contributed by atoms with Crippen LogP contribution in [-0.4, -0.2) is 39.5 Å². The van der Waals surface area contributed by atoms with Crippen LogP contribution >= 0.6 is 0 Å². The summed E-state index contributed by atoms with van der Waals surface area (Å²) in [6, 6.07) is 5.60. The highest BCUT2D eigenvalue weighted by atomic mass is 19.2. The molecule has 2 aromatic rings. The standard InChI is InChI=1S/C18H19F3N4O2/c1-24-16(26)5-4-15(23-24)22-17(27)25-8-6-18(21,7-9-25)11-12-2-3-13(19)14(20)10-12/h2-5,10H,6-9,11H2,1H3,(H,22,23,27). The lowest BCUT2D eigenvalue weighted by Crippen LogP contribution is -2.47. The number of piperidine rings is 1. The Balaban J connectivity index is 1.58. The number of anilines is 1. The lowest BCUT2D eigenvalue weighted by atomic mass is 9.87. The Labute approximate surface area is 153 Å². The molecule has 0 aliphatic carbocycles. The largest absolute Gasteiger partial charge is 0.324 e. The van der Waals surface area contributed by atoms with Gasteiger partial charge in [-0.2, -0.15) is 5.10 Å². The molecule has 1 saturated heterocycles. The third kappa shape index (κ3) is 4.47. The van der Waals surface area contributed by atoms with Gasteiger partial charge in [0.1, 0.15) is 5.67 Å². The van der Waals surface area contributed by atoms with Gasteiger partial charge in [-0.3, -0.25) is 10.1 Å². The van der Waals surface area contributed by atoms with Crippen LogP contribution in [0, 0.1) is 11.6 Å². The maximum Gasteiger partial charge on any atom is 0.323 e. The summed E-state index contributed by atoms with van der Waals surface area (Å²) < 4.78 is 42.4. The summed E-state index contributed by atoms with van der Waals surface area (Å²) in [5.74, 6) is -1.75. The second-order valence-electron chi connectivity index (χ2n) is 6.67. The van der Waals surface area contributed by atoms with E-state index in [1.165, 1.54) is 30.1 Å². The Hall–Kier alpha value is -2.84. The number of nitrogens with zero attached hydrogens (tertiary/aromatic N) is 3. The zero-order valence-corrected chi connectivity index (χ0v) is 14.7. The zero-order valence-electron chi connectivity index (χ0n) is 14.7. The van der Waals surface area contributed by atoms with Crippen LogP contribution in [0.4, 0.5) is 23.8 Å². The number of amides is 2. The molecule has 2 amide bonds. The molecular formula is C18H19F3N4O2. The third-order valence-electron chi connectivity index (χ3n) is 4.65. The van der Waals surface area contributed by atoms with E-state index in [1.54, 1.807) is 0 Å². The minimum Gasteiger partial charge on any atom is -0.324 e. The molecule has 1 aromatic carbocycles. The highest BCUT2D eigenvalue weighted by Gasteiger charge is 2.36. The van der Waals surface area contributed by atoms with Crippen LogP contribution in [0.25, 0.3) is 0 Å². The minimum absolute atomic E-state index is 0.0397. The van der Waals surface area contributed by atoms with E-state index in [1.807, 2.05) is 0 Å². The van der Waals surface area contributed by atoms with Crippen molar-refractivity contribution in [2.45, 2.75) is 24.9 Å². The zero-order chi connectivity index (χ0) is 19.6. The molecule has 144 valence electrons. The molecule has 6 nitrogen and oxygen atoms in total. The highest BCUT2D eigenvalue weighted by molar-refractivity contribution is 5.88. The van der Waals surface area contributed by atoms with E-state index in [-0.39, 0.29) is 43.7 Å². The van der Waals surface area contributed by atoms with Gasteiger partial charge in [-0.05, 0) is 36.6 Å². The predicted molar refractivity (Wildman–Crippen MR) is 93.2 cm³/mol. The average molecular weight is 380 g/mol. The van der Waals surface area contributed by atoms with Crippen LogP contribution in [0.3, 0.4) is 0 Å². The second-order valence-corrected chi connectivity index (χ2v) is 6.67. The van der Waals surface area contributed by atoms with Crippen LogP contribution in [-0.2, 0) is 13.5 Å². The number of urea groups is 1. The molecule has 0 saturated carbocycles. The van der Waals surface area contributed by atoms with Crippen LogP contribution in [0.5, 0.6) is 0 Å². The molecule has 1 N–H and O–H groups in total. The summed E-state index contributed by atoms with van der Waals surface area (Å²) in [5.41, 5.74) is -1.51. The van der Waals surface area contributed by atoms with E-state index in [0.717, 1.165) is 16.8 Å². The topological polar surface area (TPSA) is 67.2 Å². The van der Waals surface area contributed by atoms with Crippen LogP contribution in [0.15, 0.2) is 35.1 Å². The summed E-state index contributed by atoms with van der Waals surface area (Å²) >= 11 is 0. The lowest BCUT2D eigenvalue weighted by molar-refractivity contribution is 0.0743. The van der Waals surface area contributed by atoms with E-state index in [9.17, 15) is 18.4 Å². The van der Waals surface area contributed by atoms with E-state index >= 15 is 4.39 Å². The number of aromatic nitrogens is 2. The van der Waals surface area contributed by atoms with Gasteiger partial charge in [-0.1, -0.05) is 6.07 Å². The number of nitrogens with one attached hydrogen (secondary N) is 1. The molecule has 27 heavy (non-hydrogen) atoms. The molecule has 1 fully saturated rings. The van der Waals surface area contributed by atoms with Crippen molar-refractivity contribution in [3.8, 4) is 0 Å². The van der Waals surface area contributed by atoms with Crippen molar-refractivity contribution in [1.29, 1.82) is 0 Å². The molecule has 1 aliphatic rings. The van der Waals surface area contributed by atoms with Crippen molar-refractivity contribution in [3.63, 3.8) is 0 Å². The molecule has 0 spiro atoms. The SMILES string of the molecule is Cn1nc(NC(=O)N2CCC(F)(Cc3ccc(F)c(F)c3)CC2)ccc1=O. The maximum atomic E-state index is 15.0. The van der Waals surface area contributed by atoms with Crippen LogP contribution in [0.1, 0.15) is 18.4 Å². The van der Waals surface area contributed by atoms with Gasteiger partial charge >= 0.3 is 6.03 Å². The van der Waals surface area contributed by atoms with E-state index in [2.05, 4.69) is 10.4 Å². The number of carbonyl (C=O) groups is 1. The number of hydrogen-bond acceptors (Lipinski definition) is 3. The predicted octanol–water partition coefficient (Wildman–Crippen LogP) is 2.64. The van der Waals surface area contributed by atoms with Crippen molar-refractivity contribution in [2.24, 2.45) is 7.05 Å². The van der Waals surface area contributed by atoms with E-state index < -0.39 is 23.3 Å². The first-order chi connectivity index (χ1) is 12.8. The molecule has 1 aromatic heterocycles. The molecule has 2 heterocycles. The first-order valence-corrected chi connectivity index (χ1v) is 8.49. The second kappa shape index (κ2) is 7.42. The van der Waals surface area contributed by atoms with Gasteiger partial charge in [0, 0.05) is 32.6 Å². The Morgan fingerprint density at radius 1 is 1.19 bits per heavy atom. The van der Waals surface area contributed by atoms with Crippen molar-refractivity contribution in [2.75, 3.05) is 18.4 Å². The number of halogens is 3. The summed E-state index contributed by atoms with van der Waals surface area (Å²) in [6.45, 7) is 0.357. The molecule has 0 radical (unpaired) electrons. The monoisotopic (exact) mass is 380 g/mol. The summed E-state index contributed by atoms with van der Waals surface area (Å²) in [5, 5.41) is 6.49. The normalized spacial score (nSPS) is 16.2. The van der Waals surface area contributed by atoms with E-state index in [0.29, 0.717) is 5.56 Å². The highest BCUT2D eigenvalue weighted by Crippen LogP contribution is 2.31. The van der Waals surface area contributed by atoms with Crippen LogP contribution in [0.2, 0.25) is 0 Å². The Morgan fingerprint density at radius 2 is 1.89 bits per heavy atom. The molecular weight excluding hydrogens is 361 g/mol. The summed E-state index contributed by atoms with van der Waals surface area (Å²) in [4.78, 5) is 25.1. The van der Waals surface area contributed by atoms with Crippen molar-refractivity contribution >= 4 is 11.8 Å². The number of benzene rings is 1. The fourth-order valence-corrected chi connectivity index (χ4v) is 3.06. The van der Waals surface area contributed by atoms with Crippen LogP contribution < -0.4 is 10.9 Å². The van der Waals surface area contributed by atoms with Gasteiger partial charge in [0.25, 0.3) is 5.56 Å². The van der Waals surface area contributed by atoms with Gasteiger partial charge in [0.2, 0.25) is 0 Å². The van der Waals surface area contributed by atoms with Crippen molar-refractivity contribution in [1.82, 2.24) is 14.7 Å². The molecule has 1 aliphatic heterocycles. The third-order valence-corrected chi connectivity index (χ3v) is 4.65. The number of carbonyl (C=O) groups excluding carboxylic acids is 1. The van der Waals surface area contributed by atoms with Gasteiger partial charge in [0.15, 0.2) is 17.5 Å². The Morgan fingerprint density at radius 3 is 2.52 bits per heavy atom. The lowest BCUT2D eigenvalue weighted by Gasteiger charge is -2.36. The van der Waals surface area contributed by atoms with Gasteiger partial charge < -0.3 is 4.90 Å². The van der Waals surface area contributed by atoms with Gasteiger partial charge in [0.05, 0.1) is 0 Å². The number of rotatable bonds is 3. The molecule has 0 unspecified atom stereocenters.